The summed E-state index contributed by atoms with van der Waals surface area (Å²) in [5.74, 6) is 0. The van der Waals surface area contributed by atoms with E-state index in [4.69, 9.17) is 28.0 Å². The molecular weight excluding hydrogens is 245 g/mol. The molecule has 1 aromatic carbocycles. The van der Waals surface area contributed by atoms with E-state index in [0.717, 1.165) is 11.3 Å². The van der Waals surface area contributed by atoms with Gasteiger partial charge >= 0.3 is 0 Å². The molecule has 0 saturated heterocycles. The van der Waals surface area contributed by atoms with Crippen LogP contribution in [0.1, 0.15) is 26.3 Å². The zero-order valence-electron chi connectivity index (χ0n) is 9.63. The average molecular weight is 260 g/mol. The summed E-state index contributed by atoms with van der Waals surface area (Å²) in [6, 6.07) is 5.45. The van der Waals surface area contributed by atoms with Gasteiger partial charge < -0.3 is 4.84 Å². The molecule has 0 N–H and O–H groups in total. The number of halogens is 2. The van der Waals surface area contributed by atoms with Crippen LogP contribution >= 0.6 is 23.2 Å². The van der Waals surface area contributed by atoms with E-state index in [9.17, 15) is 0 Å². The molecule has 1 rings (SSSR count). The molecule has 0 aliphatic carbocycles. The molecule has 0 atom stereocenters. The van der Waals surface area contributed by atoms with Gasteiger partial charge in [-0.3, -0.25) is 0 Å². The molecule has 88 valence electrons. The smallest absolute Gasteiger partial charge is 0.122 e. The Morgan fingerprint density at radius 2 is 2.06 bits per heavy atom. The number of hydrogen-bond acceptors (Lipinski definition) is 2. The summed E-state index contributed by atoms with van der Waals surface area (Å²) >= 11 is 11.9. The minimum Gasteiger partial charge on any atom is -0.393 e. The van der Waals surface area contributed by atoms with Crippen molar-refractivity contribution in [3.63, 3.8) is 0 Å². The molecule has 0 spiro atoms. The van der Waals surface area contributed by atoms with E-state index in [-0.39, 0.29) is 6.10 Å². The van der Waals surface area contributed by atoms with Gasteiger partial charge in [0.05, 0.1) is 5.71 Å². The van der Waals surface area contributed by atoms with Crippen LogP contribution in [0.2, 0.25) is 10.0 Å². The van der Waals surface area contributed by atoms with E-state index in [1.165, 1.54) is 0 Å². The number of oxime groups is 1. The van der Waals surface area contributed by atoms with Crippen molar-refractivity contribution in [3.8, 4) is 0 Å². The summed E-state index contributed by atoms with van der Waals surface area (Å²) in [5, 5.41) is 5.31. The quantitative estimate of drug-likeness (QED) is 0.583. The van der Waals surface area contributed by atoms with Crippen molar-refractivity contribution in [1.29, 1.82) is 0 Å². The normalized spacial score (nSPS) is 12.0. The van der Waals surface area contributed by atoms with Crippen LogP contribution in [0.4, 0.5) is 0 Å². The Balaban J connectivity index is 2.69. The summed E-state index contributed by atoms with van der Waals surface area (Å²) in [7, 11) is 0. The maximum Gasteiger partial charge on any atom is 0.122 e. The predicted molar refractivity (Wildman–Crippen MR) is 69.5 cm³/mol. The summed E-state index contributed by atoms with van der Waals surface area (Å²) in [6.45, 7) is 5.78. The molecule has 0 aromatic heterocycles. The third-order valence-corrected chi connectivity index (χ3v) is 2.47. The van der Waals surface area contributed by atoms with E-state index in [1.807, 2.05) is 32.9 Å². The van der Waals surface area contributed by atoms with Crippen molar-refractivity contribution in [2.45, 2.75) is 33.3 Å². The molecule has 16 heavy (non-hydrogen) atoms. The van der Waals surface area contributed by atoms with Gasteiger partial charge in [-0.25, -0.2) is 0 Å². The van der Waals surface area contributed by atoms with E-state index in [1.54, 1.807) is 6.07 Å². The highest BCUT2D eigenvalue weighted by atomic mass is 35.5. The minimum atomic E-state index is 0.0932. The van der Waals surface area contributed by atoms with Crippen LogP contribution in [0.5, 0.6) is 0 Å². The van der Waals surface area contributed by atoms with Crippen molar-refractivity contribution in [3.05, 3.63) is 33.8 Å². The lowest BCUT2D eigenvalue weighted by molar-refractivity contribution is 0.0854. The number of benzene rings is 1. The summed E-state index contributed by atoms with van der Waals surface area (Å²) in [4.78, 5) is 5.16. The molecule has 4 heteroatoms. The molecule has 0 radical (unpaired) electrons. The minimum absolute atomic E-state index is 0.0932. The Labute approximate surface area is 106 Å². The molecule has 0 aliphatic rings. The van der Waals surface area contributed by atoms with Gasteiger partial charge in [0.2, 0.25) is 0 Å². The van der Waals surface area contributed by atoms with Crippen LogP contribution in [0, 0.1) is 0 Å². The third kappa shape index (κ3) is 4.42. The SMILES string of the molecule is CC(Cc1ccc(Cl)cc1Cl)=NOC(C)C. The van der Waals surface area contributed by atoms with Gasteiger partial charge in [0.25, 0.3) is 0 Å². The maximum atomic E-state index is 6.06. The van der Waals surface area contributed by atoms with Crippen molar-refractivity contribution < 1.29 is 4.84 Å². The highest BCUT2D eigenvalue weighted by Gasteiger charge is 2.03. The second-order valence-electron chi connectivity index (χ2n) is 3.89. The second kappa shape index (κ2) is 6.12. The van der Waals surface area contributed by atoms with E-state index in [2.05, 4.69) is 5.16 Å². The standard InChI is InChI=1S/C12H15Cl2NO/c1-8(2)16-15-9(3)6-10-4-5-11(13)7-12(10)14/h4-5,7-8H,6H2,1-3H3. The van der Waals surface area contributed by atoms with Crippen LogP contribution in [0.25, 0.3) is 0 Å². The largest absolute Gasteiger partial charge is 0.393 e. The summed E-state index contributed by atoms with van der Waals surface area (Å²) in [6.07, 6.45) is 0.763. The Kier molecular flexibility index (Phi) is 5.10. The monoisotopic (exact) mass is 259 g/mol. The number of hydrogen-bond donors (Lipinski definition) is 0. The van der Waals surface area contributed by atoms with Crippen molar-refractivity contribution in [2.75, 3.05) is 0 Å². The van der Waals surface area contributed by atoms with Gasteiger partial charge in [0.15, 0.2) is 0 Å². The van der Waals surface area contributed by atoms with Gasteiger partial charge in [0.1, 0.15) is 6.10 Å². The first-order valence-corrected chi connectivity index (χ1v) is 5.88. The van der Waals surface area contributed by atoms with Gasteiger partial charge in [0, 0.05) is 16.5 Å². The van der Waals surface area contributed by atoms with Crippen LogP contribution in [-0.4, -0.2) is 11.8 Å². The van der Waals surface area contributed by atoms with Crippen LogP contribution in [-0.2, 0) is 11.3 Å². The molecule has 1 aromatic rings. The highest BCUT2D eigenvalue weighted by molar-refractivity contribution is 6.35. The zero-order valence-corrected chi connectivity index (χ0v) is 11.1. The third-order valence-electron chi connectivity index (χ3n) is 1.88. The van der Waals surface area contributed by atoms with Gasteiger partial charge in [-0.2, -0.15) is 0 Å². The lowest BCUT2D eigenvalue weighted by Gasteiger charge is -2.06. The Morgan fingerprint density at radius 3 is 2.62 bits per heavy atom. The highest BCUT2D eigenvalue weighted by Crippen LogP contribution is 2.21. The topological polar surface area (TPSA) is 21.6 Å². The van der Waals surface area contributed by atoms with Crippen molar-refractivity contribution in [2.24, 2.45) is 5.16 Å². The fourth-order valence-corrected chi connectivity index (χ4v) is 1.64. The first kappa shape index (κ1) is 13.3. The Bertz CT molecular complexity index is 389. The lowest BCUT2D eigenvalue weighted by Crippen LogP contribution is -2.03. The van der Waals surface area contributed by atoms with Crippen LogP contribution in [0.15, 0.2) is 23.4 Å². The molecule has 0 bridgehead atoms. The maximum absolute atomic E-state index is 6.06. The fraction of sp³-hybridized carbons (Fsp3) is 0.417. The van der Waals surface area contributed by atoms with Crippen molar-refractivity contribution >= 4 is 28.9 Å². The number of nitrogens with zero attached hydrogens (tertiary/aromatic N) is 1. The molecule has 2 nitrogen and oxygen atoms in total. The van der Waals surface area contributed by atoms with Crippen LogP contribution < -0.4 is 0 Å². The second-order valence-corrected chi connectivity index (χ2v) is 4.74. The van der Waals surface area contributed by atoms with E-state index < -0.39 is 0 Å². The molecule has 0 amide bonds. The molecule has 0 saturated carbocycles. The fourth-order valence-electron chi connectivity index (χ4n) is 1.17. The van der Waals surface area contributed by atoms with Gasteiger partial charge in [-0.15, -0.1) is 0 Å². The number of rotatable bonds is 4. The molecular formula is C12H15Cl2NO. The predicted octanol–water partition coefficient (Wildman–Crippen LogP) is 4.34. The first-order valence-electron chi connectivity index (χ1n) is 5.12. The molecule has 0 aliphatic heterocycles. The lowest BCUT2D eigenvalue weighted by atomic mass is 10.1. The molecule has 0 fully saturated rings. The van der Waals surface area contributed by atoms with Gasteiger partial charge in [-0.05, 0) is 38.5 Å². The Hall–Kier alpha value is -0.730. The van der Waals surface area contributed by atoms with E-state index >= 15 is 0 Å². The summed E-state index contributed by atoms with van der Waals surface area (Å²) in [5.41, 5.74) is 1.89. The van der Waals surface area contributed by atoms with Crippen molar-refractivity contribution in [1.82, 2.24) is 0 Å². The van der Waals surface area contributed by atoms with E-state index in [0.29, 0.717) is 16.5 Å². The Morgan fingerprint density at radius 1 is 1.38 bits per heavy atom. The molecule has 0 heterocycles. The van der Waals surface area contributed by atoms with Crippen LogP contribution in [0.3, 0.4) is 0 Å². The molecule has 0 unspecified atom stereocenters. The summed E-state index contributed by atoms with van der Waals surface area (Å²) < 4.78 is 0. The van der Waals surface area contributed by atoms with Gasteiger partial charge in [-0.1, -0.05) is 34.4 Å². The average Bonchev–Trinajstić information content (AvgIpc) is 2.19. The first-order chi connectivity index (χ1) is 7.49. The zero-order chi connectivity index (χ0) is 12.1.